The van der Waals surface area contributed by atoms with Crippen molar-refractivity contribution in [2.75, 3.05) is 13.2 Å². The summed E-state index contributed by atoms with van der Waals surface area (Å²) in [5.41, 5.74) is 5.43. The molecule has 0 unspecified atom stereocenters. The van der Waals surface area contributed by atoms with Crippen LogP contribution in [-0.4, -0.2) is 36.3 Å². The zero-order valence-corrected chi connectivity index (χ0v) is 24.8. The molecule has 0 radical (unpaired) electrons. The maximum atomic E-state index is 13.4. The van der Waals surface area contributed by atoms with Gasteiger partial charge in [0.2, 0.25) is 0 Å². The van der Waals surface area contributed by atoms with Gasteiger partial charge in [-0.15, -0.1) is 0 Å². The molecule has 5 rings (SSSR count). The summed E-state index contributed by atoms with van der Waals surface area (Å²) in [4.78, 5) is 29.5. The fourth-order valence-electron chi connectivity index (χ4n) is 4.53. The molecule has 8 nitrogen and oxygen atoms in total. The van der Waals surface area contributed by atoms with Gasteiger partial charge in [-0.1, -0.05) is 65.7 Å². The molecule has 0 saturated heterocycles. The number of para-hydroxylation sites is 2. The number of fused-ring (bicyclic) bond motifs is 1. The third-order valence-electron chi connectivity index (χ3n) is 6.42. The van der Waals surface area contributed by atoms with E-state index in [1.807, 2.05) is 44.2 Å². The second-order valence-electron chi connectivity index (χ2n) is 9.17. The lowest BCUT2D eigenvalue weighted by Gasteiger charge is -2.12. The monoisotopic (exact) mass is 615 g/mol. The van der Waals surface area contributed by atoms with Crippen molar-refractivity contribution < 1.29 is 23.8 Å². The Kier molecular flexibility index (Phi) is 9.29. The minimum atomic E-state index is -0.590. The number of benzene rings is 4. The van der Waals surface area contributed by atoms with Crippen molar-refractivity contribution in [1.29, 1.82) is 0 Å². The number of hydrazone groups is 1. The number of aromatic amines is 1. The van der Waals surface area contributed by atoms with Crippen LogP contribution in [-0.2, 0) is 0 Å². The minimum absolute atomic E-state index is 0.244. The SMILES string of the molecule is CCOc1ccc(C(=O)Oc2ccccc2C=NNC(=O)c2[nH]c3c(Cl)cccc3c2-c2ccccc2Cl)cc1OCC. The second-order valence-corrected chi connectivity index (χ2v) is 9.99. The van der Waals surface area contributed by atoms with E-state index in [0.29, 0.717) is 57.0 Å². The lowest BCUT2D eigenvalue weighted by atomic mass is 10.0. The zero-order valence-electron chi connectivity index (χ0n) is 23.3. The molecule has 1 heterocycles. The lowest BCUT2D eigenvalue weighted by molar-refractivity contribution is 0.0733. The number of ether oxygens (including phenoxy) is 3. The summed E-state index contributed by atoms with van der Waals surface area (Å²) >= 11 is 12.9. The summed E-state index contributed by atoms with van der Waals surface area (Å²) in [6, 6.07) is 24.3. The first-order valence-electron chi connectivity index (χ1n) is 13.5. The third kappa shape index (κ3) is 6.51. The van der Waals surface area contributed by atoms with Gasteiger partial charge in [0.1, 0.15) is 11.4 Å². The van der Waals surface area contributed by atoms with Gasteiger partial charge in [0.25, 0.3) is 5.91 Å². The van der Waals surface area contributed by atoms with Crippen LogP contribution in [0.25, 0.3) is 22.0 Å². The van der Waals surface area contributed by atoms with E-state index in [1.54, 1.807) is 54.6 Å². The highest BCUT2D eigenvalue weighted by Gasteiger charge is 2.22. The Labute approximate surface area is 258 Å². The molecule has 0 spiro atoms. The molecule has 0 aliphatic heterocycles. The number of nitrogens with zero attached hydrogens (tertiary/aromatic N) is 1. The van der Waals surface area contributed by atoms with Crippen LogP contribution in [0, 0.1) is 0 Å². The zero-order chi connectivity index (χ0) is 30.3. The van der Waals surface area contributed by atoms with E-state index >= 15 is 0 Å². The number of carbonyl (C=O) groups is 2. The molecule has 1 amide bonds. The maximum absolute atomic E-state index is 13.4. The standard InChI is InChI=1S/C33H27Cl2N3O5/c1-3-41-27-17-16-20(18-28(27)42-4-2)33(40)43-26-15-8-5-10-21(26)19-36-38-32(39)31-29(22-11-6-7-13-24(22)34)23-12-9-14-25(35)30(23)37-31/h5-19,37H,3-4H2,1-2H3,(H,38,39). The molecule has 0 fully saturated rings. The first kappa shape index (κ1) is 29.7. The topological polar surface area (TPSA) is 102 Å². The first-order chi connectivity index (χ1) is 20.9. The molecule has 1 aromatic heterocycles. The van der Waals surface area contributed by atoms with E-state index in [2.05, 4.69) is 15.5 Å². The average molecular weight is 617 g/mol. The van der Waals surface area contributed by atoms with Crippen molar-refractivity contribution in [1.82, 2.24) is 10.4 Å². The smallest absolute Gasteiger partial charge is 0.343 e. The van der Waals surface area contributed by atoms with Crippen LogP contribution in [0.1, 0.15) is 40.3 Å². The van der Waals surface area contributed by atoms with Crippen LogP contribution < -0.4 is 19.6 Å². The summed E-state index contributed by atoms with van der Waals surface area (Å²) in [5.74, 6) is 0.148. The van der Waals surface area contributed by atoms with Gasteiger partial charge in [0.15, 0.2) is 11.5 Å². The Morgan fingerprint density at radius 2 is 1.56 bits per heavy atom. The van der Waals surface area contributed by atoms with Crippen molar-refractivity contribution in [3.05, 3.63) is 112 Å². The van der Waals surface area contributed by atoms with Crippen LogP contribution >= 0.6 is 23.2 Å². The molecule has 4 aromatic carbocycles. The number of hydrogen-bond donors (Lipinski definition) is 2. The third-order valence-corrected chi connectivity index (χ3v) is 7.07. The van der Waals surface area contributed by atoms with Crippen molar-refractivity contribution in [3.63, 3.8) is 0 Å². The number of carbonyl (C=O) groups excluding carboxylic acids is 2. The minimum Gasteiger partial charge on any atom is -0.490 e. The Morgan fingerprint density at radius 3 is 2.35 bits per heavy atom. The predicted molar refractivity (Wildman–Crippen MR) is 169 cm³/mol. The highest BCUT2D eigenvalue weighted by atomic mass is 35.5. The molecule has 218 valence electrons. The Bertz CT molecular complexity index is 1830. The molecule has 0 aliphatic rings. The van der Waals surface area contributed by atoms with Gasteiger partial charge in [-0.3, -0.25) is 4.79 Å². The van der Waals surface area contributed by atoms with E-state index in [4.69, 9.17) is 37.4 Å². The van der Waals surface area contributed by atoms with Gasteiger partial charge in [0.05, 0.1) is 35.5 Å². The van der Waals surface area contributed by atoms with Crippen molar-refractivity contribution in [2.24, 2.45) is 5.10 Å². The fourth-order valence-corrected chi connectivity index (χ4v) is 4.98. The quantitative estimate of drug-likeness (QED) is 0.0719. The summed E-state index contributed by atoms with van der Waals surface area (Å²) in [7, 11) is 0. The molecular weight excluding hydrogens is 589 g/mol. The summed E-state index contributed by atoms with van der Waals surface area (Å²) in [6.45, 7) is 4.59. The molecule has 2 N–H and O–H groups in total. The van der Waals surface area contributed by atoms with E-state index < -0.39 is 11.9 Å². The fraction of sp³-hybridized carbons (Fsp3) is 0.121. The van der Waals surface area contributed by atoms with Gasteiger partial charge < -0.3 is 19.2 Å². The van der Waals surface area contributed by atoms with Crippen LogP contribution in [0.5, 0.6) is 17.2 Å². The number of amides is 1. The van der Waals surface area contributed by atoms with Crippen molar-refractivity contribution >= 4 is 52.2 Å². The lowest BCUT2D eigenvalue weighted by Crippen LogP contribution is -2.19. The number of aromatic nitrogens is 1. The molecule has 43 heavy (non-hydrogen) atoms. The van der Waals surface area contributed by atoms with Crippen molar-refractivity contribution in [3.8, 4) is 28.4 Å². The summed E-state index contributed by atoms with van der Waals surface area (Å²) < 4.78 is 16.9. The van der Waals surface area contributed by atoms with Gasteiger partial charge in [0, 0.05) is 27.1 Å². The van der Waals surface area contributed by atoms with Crippen LogP contribution in [0.3, 0.4) is 0 Å². The van der Waals surface area contributed by atoms with E-state index in [-0.39, 0.29) is 17.0 Å². The van der Waals surface area contributed by atoms with Crippen LogP contribution in [0.4, 0.5) is 0 Å². The summed E-state index contributed by atoms with van der Waals surface area (Å²) in [5, 5.41) is 5.83. The first-order valence-corrected chi connectivity index (χ1v) is 14.3. The van der Waals surface area contributed by atoms with Crippen LogP contribution in [0.15, 0.2) is 90.0 Å². The Balaban J connectivity index is 1.38. The normalized spacial score (nSPS) is 11.1. The number of H-pyrrole nitrogens is 1. The maximum Gasteiger partial charge on any atom is 0.343 e. The Hall–Kier alpha value is -4.79. The molecule has 0 atom stereocenters. The molecule has 10 heteroatoms. The van der Waals surface area contributed by atoms with E-state index in [1.165, 1.54) is 6.21 Å². The van der Waals surface area contributed by atoms with Crippen LogP contribution in [0.2, 0.25) is 10.0 Å². The molecule has 5 aromatic rings. The predicted octanol–water partition coefficient (Wildman–Crippen LogP) is 7.92. The number of hydrogen-bond acceptors (Lipinski definition) is 6. The van der Waals surface area contributed by atoms with Gasteiger partial charge in [-0.25, -0.2) is 10.2 Å². The second kappa shape index (κ2) is 13.5. The number of rotatable bonds is 10. The summed E-state index contributed by atoms with van der Waals surface area (Å²) in [6.07, 6.45) is 1.40. The number of nitrogens with one attached hydrogen (secondary N) is 2. The molecule has 0 aliphatic carbocycles. The average Bonchev–Trinajstić information content (AvgIpc) is 3.40. The number of halogens is 2. The Morgan fingerprint density at radius 1 is 0.837 bits per heavy atom. The molecule has 0 bridgehead atoms. The highest BCUT2D eigenvalue weighted by Crippen LogP contribution is 2.38. The van der Waals surface area contributed by atoms with Gasteiger partial charge >= 0.3 is 5.97 Å². The number of esters is 1. The highest BCUT2D eigenvalue weighted by molar-refractivity contribution is 6.37. The van der Waals surface area contributed by atoms with E-state index in [9.17, 15) is 9.59 Å². The van der Waals surface area contributed by atoms with Gasteiger partial charge in [-0.05, 0) is 56.3 Å². The van der Waals surface area contributed by atoms with Gasteiger partial charge in [-0.2, -0.15) is 5.10 Å². The van der Waals surface area contributed by atoms with E-state index in [0.717, 1.165) is 5.39 Å². The van der Waals surface area contributed by atoms with Crippen molar-refractivity contribution in [2.45, 2.75) is 13.8 Å². The largest absolute Gasteiger partial charge is 0.490 e. The molecular formula is C33H27Cl2N3O5. The molecule has 0 saturated carbocycles.